The molecule has 1 saturated carbocycles. The summed E-state index contributed by atoms with van der Waals surface area (Å²) in [6.45, 7) is 4.97. The summed E-state index contributed by atoms with van der Waals surface area (Å²) in [5.41, 5.74) is 0.400. The summed E-state index contributed by atoms with van der Waals surface area (Å²) in [7, 11) is 0. The number of hydrogen-bond acceptors (Lipinski definition) is 1. The molecular formula is C13H26O. The van der Waals surface area contributed by atoms with Crippen LogP contribution in [0.2, 0.25) is 0 Å². The van der Waals surface area contributed by atoms with Gasteiger partial charge in [0.15, 0.2) is 0 Å². The van der Waals surface area contributed by atoms with Crippen molar-refractivity contribution in [2.75, 3.05) is 6.61 Å². The van der Waals surface area contributed by atoms with E-state index in [-0.39, 0.29) is 0 Å². The first-order valence-electron chi connectivity index (χ1n) is 6.31. The van der Waals surface area contributed by atoms with E-state index in [1.807, 2.05) is 0 Å². The van der Waals surface area contributed by atoms with E-state index in [4.69, 9.17) is 5.11 Å². The highest BCUT2D eigenvalue weighted by Gasteiger charge is 2.26. The minimum Gasteiger partial charge on any atom is -0.396 e. The third-order valence-electron chi connectivity index (χ3n) is 4.08. The molecule has 1 rings (SSSR count). The molecule has 1 aliphatic carbocycles. The molecule has 1 heteroatoms. The van der Waals surface area contributed by atoms with Gasteiger partial charge in [-0.3, -0.25) is 0 Å². The molecule has 84 valence electrons. The van der Waals surface area contributed by atoms with Crippen LogP contribution in [0.1, 0.15) is 65.2 Å². The van der Waals surface area contributed by atoms with E-state index < -0.39 is 0 Å². The van der Waals surface area contributed by atoms with Crippen LogP contribution in [-0.2, 0) is 0 Å². The highest BCUT2D eigenvalue weighted by atomic mass is 16.3. The summed E-state index contributed by atoms with van der Waals surface area (Å²) in [4.78, 5) is 0. The van der Waals surface area contributed by atoms with Crippen LogP contribution >= 0.6 is 0 Å². The Kier molecular flexibility index (Phi) is 4.94. The van der Waals surface area contributed by atoms with Gasteiger partial charge >= 0.3 is 0 Å². The molecule has 0 aromatic heterocycles. The Morgan fingerprint density at radius 2 is 1.86 bits per heavy atom. The van der Waals surface area contributed by atoms with Crippen molar-refractivity contribution in [2.24, 2.45) is 11.3 Å². The molecule has 0 aliphatic heterocycles. The summed E-state index contributed by atoms with van der Waals surface area (Å²) >= 11 is 0. The van der Waals surface area contributed by atoms with E-state index >= 15 is 0 Å². The monoisotopic (exact) mass is 198 g/mol. The topological polar surface area (TPSA) is 20.2 Å². The van der Waals surface area contributed by atoms with Crippen LogP contribution in [-0.4, -0.2) is 11.7 Å². The van der Waals surface area contributed by atoms with Crippen molar-refractivity contribution < 1.29 is 5.11 Å². The number of aliphatic hydroxyl groups excluding tert-OH is 1. The van der Waals surface area contributed by atoms with Crippen LogP contribution in [0.15, 0.2) is 0 Å². The molecule has 1 N–H and O–H groups in total. The van der Waals surface area contributed by atoms with Crippen molar-refractivity contribution in [3.8, 4) is 0 Å². The highest BCUT2D eigenvalue weighted by molar-refractivity contribution is 4.78. The molecule has 1 aliphatic rings. The molecule has 0 radical (unpaired) electrons. The molecule has 0 aromatic carbocycles. The largest absolute Gasteiger partial charge is 0.396 e. The van der Waals surface area contributed by atoms with Crippen LogP contribution in [0, 0.1) is 11.3 Å². The van der Waals surface area contributed by atoms with Crippen molar-refractivity contribution in [3.63, 3.8) is 0 Å². The molecule has 14 heavy (non-hydrogen) atoms. The maximum atomic E-state index is 9.06. The second-order valence-electron chi connectivity index (χ2n) is 5.35. The van der Waals surface area contributed by atoms with E-state index in [1.54, 1.807) is 0 Å². The normalized spacial score (nSPS) is 23.4. The molecule has 1 nitrogen and oxygen atoms in total. The molecular weight excluding hydrogens is 172 g/mol. The average Bonchev–Trinajstić information content (AvgIpc) is 2.20. The highest BCUT2D eigenvalue weighted by Crippen LogP contribution is 2.38. The van der Waals surface area contributed by atoms with Gasteiger partial charge in [-0.05, 0) is 24.2 Å². The lowest BCUT2D eigenvalue weighted by Gasteiger charge is -2.33. The van der Waals surface area contributed by atoms with E-state index in [0.29, 0.717) is 12.0 Å². The zero-order chi connectivity index (χ0) is 10.4. The van der Waals surface area contributed by atoms with Gasteiger partial charge in [0.25, 0.3) is 0 Å². The van der Waals surface area contributed by atoms with Crippen LogP contribution < -0.4 is 0 Å². The van der Waals surface area contributed by atoms with Gasteiger partial charge in [0.05, 0.1) is 0 Å². The summed E-state index contributed by atoms with van der Waals surface area (Å²) in [5, 5.41) is 9.06. The van der Waals surface area contributed by atoms with Gasteiger partial charge in [0, 0.05) is 6.61 Å². The van der Waals surface area contributed by atoms with Crippen LogP contribution in [0.4, 0.5) is 0 Å². The average molecular weight is 198 g/mol. The lowest BCUT2D eigenvalue weighted by atomic mass is 9.72. The second kappa shape index (κ2) is 5.75. The fourth-order valence-electron chi connectivity index (χ4n) is 2.78. The maximum Gasteiger partial charge on any atom is 0.0436 e. The van der Waals surface area contributed by atoms with E-state index in [1.165, 1.54) is 44.9 Å². The Balaban J connectivity index is 2.37. The zero-order valence-electron chi connectivity index (χ0n) is 9.89. The molecule has 0 amide bonds. The molecule has 0 bridgehead atoms. The summed E-state index contributed by atoms with van der Waals surface area (Å²) < 4.78 is 0. The Hall–Kier alpha value is -0.0400. The molecule has 0 aromatic rings. The minimum absolute atomic E-state index is 0.358. The van der Waals surface area contributed by atoms with Crippen LogP contribution in [0.5, 0.6) is 0 Å². The first-order valence-corrected chi connectivity index (χ1v) is 6.31. The van der Waals surface area contributed by atoms with Crippen molar-refractivity contribution in [1.82, 2.24) is 0 Å². The lowest BCUT2D eigenvalue weighted by molar-refractivity contribution is 0.142. The van der Waals surface area contributed by atoms with Gasteiger partial charge in [0.2, 0.25) is 0 Å². The summed E-state index contributed by atoms with van der Waals surface area (Å²) in [6, 6.07) is 0. The van der Waals surface area contributed by atoms with Crippen molar-refractivity contribution in [2.45, 2.75) is 65.2 Å². The fraction of sp³-hybridized carbons (Fsp3) is 1.00. The van der Waals surface area contributed by atoms with E-state index in [9.17, 15) is 0 Å². The smallest absolute Gasteiger partial charge is 0.0436 e. The van der Waals surface area contributed by atoms with E-state index in [2.05, 4.69) is 13.8 Å². The van der Waals surface area contributed by atoms with Gasteiger partial charge in [-0.2, -0.15) is 0 Å². The molecule has 1 unspecified atom stereocenters. The molecule has 0 saturated heterocycles. The van der Waals surface area contributed by atoms with Gasteiger partial charge in [0.1, 0.15) is 0 Å². The second-order valence-corrected chi connectivity index (χ2v) is 5.35. The molecule has 0 spiro atoms. The third kappa shape index (κ3) is 3.61. The van der Waals surface area contributed by atoms with Crippen LogP contribution in [0.3, 0.4) is 0 Å². The molecule has 1 fully saturated rings. The zero-order valence-corrected chi connectivity index (χ0v) is 9.89. The van der Waals surface area contributed by atoms with Crippen LogP contribution in [0.25, 0.3) is 0 Å². The Morgan fingerprint density at radius 3 is 2.36 bits per heavy atom. The standard InChI is InChI=1S/C13H26O/c1-3-13(2,9-10-14)11-12-7-5-4-6-8-12/h12,14H,3-11H2,1-2H3. The van der Waals surface area contributed by atoms with E-state index in [0.717, 1.165) is 12.3 Å². The Bertz CT molecular complexity index is 149. The maximum absolute atomic E-state index is 9.06. The van der Waals surface area contributed by atoms with Crippen molar-refractivity contribution in [3.05, 3.63) is 0 Å². The number of rotatable bonds is 5. The predicted molar refractivity (Wildman–Crippen MR) is 61.3 cm³/mol. The quantitative estimate of drug-likeness (QED) is 0.713. The molecule has 0 heterocycles. The van der Waals surface area contributed by atoms with Gasteiger partial charge in [-0.1, -0.05) is 52.4 Å². The molecule has 1 atom stereocenters. The first kappa shape index (κ1) is 12.0. The van der Waals surface area contributed by atoms with Gasteiger partial charge in [-0.15, -0.1) is 0 Å². The summed E-state index contributed by atoms with van der Waals surface area (Å²) in [5.74, 6) is 0.945. The first-order chi connectivity index (χ1) is 6.70. The predicted octanol–water partition coefficient (Wildman–Crippen LogP) is 3.76. The number of aliphatic hydroxyl groups is 1. The summed E-state index contributed by atoms with van der Waals surface area (Å²) in [6.07, 6.45) is 10.7. The Morgan fingerprint density at radius 1 is 1.21 bits per heavy atom. The van der Waals surface area contributed by atoms with Gasteiger partial charge in [-0.25, -0.2) is 0 Å². The lowest BCUT2D eigenvalue weighted by Crippen LogP contribution is -2.22. The van der Waals surface area contributed by atoms with Gasteiger partial charge < -0.3 is 5.11 Å². The fourth-order valence-corrected chi connectivity index (χ4v) is 2.78. The van der Waals surface area contributed by atoms with Crippen molar-refractivity contribution in [1.29, 1.82) is 0 Å². The van der Waals surface area contributed by atoms with Crippen molar-refractivity contribution >= 4 is 0 Å². The SMILES string of the molecule is CCC(C)(CCO)CC1CCCCC1. The minimum atomic E-state index is 0.358. The number of hydrogen-bond donors (Lipinski definition) is 1. The Labute approximate surface area is 88.9 Å². The third-order valence-corrected chi connectivity index (χ3v) is 4.08.